The lowest BCUT2D eigenvalue weighted by molar-refractivity contribution is -0.130. The van der Waals surface area contributed by atoms with E-state index in [0.717, 1.165) is 37.0 Å². The number of imide groups is 1. The van der Waals surface area contributed by atoms with Crippen molar-refractivity contribution in [2.24, 2.45) is 5.92 Å². The smallest absolute Gasteiger partial charge is 0.417 e. The van der Waals surface area contributed by atoms with E-state index in [9.17, 15) is 22.8 Å². The van der Waals surface area contributed by atoms with Gasteiger partial charge < -0.3 is 14.8 Å². The van der Waals surface area contributed by atoms with Crippen LogP contribution in [0.5, 0.6) is 5.75 Å². The SMILES string of the molecule is CCCCCCCCCCCCS(=O)(=O)CC(C)C(=O)Nc1ccc(OC)c(CN2C(=O)OC(CCCC)C2=O)c1. The van der Waals surface area contributed by atoms with Crippen LogP contribution in [0.2, 0.25) is 0 Å². The van der Waals surface area contributed by atoms with Gasteiger partial charge >= 0.3 is 6.09 Å². The zero-order chi connectivity index (χ0) is 30.3. The number of hydrogen-bond acceptors (Lipinski definition) is 7. The Hall–Kier alpha value is -2.62. The molecule has 2 atom stereocenters. The summed E-state index contributed by atoms with van der Waals surface area (Å²) in [6, 6.07) is 4.90. The molecule has 1 saturated heterocycles. The number of sulfone groups is 1. The topological polar surface area (TPSA) is 119 Å². The minimum absolute atomic E-state index is 0.0596. The van der Waals surface area contributed by atoms with Gasteiger partial charge in [0.25, 0.3) is 5.91 Å². The van der Waals surface area contributed by atoms with Crippen molar-refractivity contribution in [2.45, 2.75) is 117 Å². The molecule has 0 radical (unpaired) electrons. The van der Waals surface area contributed by atoms with Gasteiger partial charge in [0.2, 0.25) is 5.91 Å². The van der Waals surface area contributed by atoms with Crippen LogP contribution in [0.4, 0.5) is 10.5 Å². The summed E-state index contributed by atoms with van der Waals surface area (Å²) in [5.74, 6) is -1.21. The summed E-state index contributed by atoms with van der Waals surface area (Å²) in [6.07, 6.45) is 11.9. The van der Waals surface area contributed by atoms with Gasteiger partial charge in [-0.15, -0.1) is 0 Å². The Morgan fingerprint density at radius 1 is 0.976 bits per heavy atom. The minimum Gasteiger partial charge on any atom is -0.496 e. The number of rotatable bonds is 21. The number of nitrogens with one attached hydrogen (secondary N) is 1. The first-order chi connectivity index (χ1) is 19.6. The Bertz CT molecular complexity index is 1090. The van der Waals surface area contributed by atoms with E-state index in [1.807, 2.05) is 6.92 Å². The van der Waals surface area contributed by atoms with Crippen LogP contribution in [-0.2, 0) is 30.7 Å². The molecular formula is C31H50N2O7S. The third-order valence-corrected chi connectivity index (χ3v) is 9.38. The third kappa shape index (κ3) is 12.0. The molecule has 1 heterocycles. The van der Waals surface area contributed by atoms with Gasteiger partial charge in [0.15, 0.2) is 15.9 Å². The summed E-state index contributed by atoms with van der Waals surface area (Å²) >= 11 is 0. The Morgan fingerprint density at radius 2 is 1.59 bits per heavy atom. The zero-order valence-corrected chi connectivity index (χ0v) is 26.2. The molecule has 1 aromatic carbocycles. The number of carbonyl (C=O) groups excluding carboxylic acids is 3. The number of methoxy groups -OCH3 is 1. The van der Waals surface area contributed by atoms with E-state index < -0.39 is 33.9 Å². The van der Waals surface area contributed by atoms with Crippen LogP contribution in [0.1, 0.15) is 110 Å². The molecule has 232 valence electrons. The molecule has 41 heavy (non-hydrogen) atoms. The van der Waals surface area contributed by atoms with Crippen molar-refractivity contribution in [3.05, 3.63) is 23.8 Å². The van der Waals surface area contributed by atoms with Gasteiger partial charge in [-0.3, -0.25) is 9.59 Å². The van der Waals surface area contributed by atoms with E-state index in [4.69, 9.17) is 9.47 Å². The van der Waals surface area contributed by atoms with E-state index in [2.05, 4.69) is 12.2 Å². The number of amides is 3. The fourth-order valence-corrected chi connectivity index (χ4v) is 6.70. The van der Waals surface area contributed by atoms with Crippen LogP contribution in [-0.4, -0.2) is 55.9 Å². The number of hydrogen-bond donors (Lipinski definition) is 1. The Morgan fingerprint density at radius 3 is 2.20 bits per heavy atom. The summed E-state index contributed by atoms with van der Waals surface area (Å²) in [4.78, 5) is 38.9. The fraction of sp³-hybridized carbons (Fsp3) is 0.710. The van der Waals surface area contributed by atoms with Crippen LogP contribution in [0.3, 0.4) is 0 Å². The molecule has 0 saturated carbocycles. The average Bonchev–Trinajstić information content (AvgIpc) is 3.20. The van der Waals surface area contributed by atoms with Crippen molar-refractivity contribution in [1.82, 2.24) is 4.90 Å². The van der Waals surface area contributed by atoms with Gasteiger partial charge in [-0.05, 0) is 37.5 Å². The second-order valence-electron chi connectivity index (χ2n) is 11.2. The van der Waals surface area contributed by atoms with Gasteiger partial charge in [-0.25, -0.2) is 18.1 Å². The number of ether oxygens (including phenoxy) is 2. The number of nitrogens with zero attached hydrogens (tertiary/aromatic N) is 1. The highest BCUT2D eigenvalue weighted by Crippen LogP contribution is 2.28. The van der Waals surface area contributed by atoms with Crippen LogP contribution < -0.4 is 10.1 Å². The normalized spacial score (nSPS) is 16.1. The van der Waals surface area contributed by atoms with Gasteiger partial charge in [0, 0.05) is 17.2 Å². The molecule has 2 unspecified atom stereocenters. The first-order valence-corrected chi connectivity index (χ1v) is 17.1. The highest BCUT2D eigenvalue weighted by atomic mass is 32.2. The molecule has 1 aromatic rings. The summed E-state index contributed by atoms with van der Waals surface area (Å²) in [5.41, 5.74) is 0.945. The van der Waals surface area contributed by atoms with Crippen LogP contribution in [0.15, 0.2) is 18.2 Å². The van der Waals surface area contributed by atoms with Crippen molar-refractivity contribution in [3.8, 4) is 5.75 Å². The molecule has 10 heteroatoms. The van der Waals surface area contributed by atoms with Crippen LogP contribution in [0.25, 0.3) is 0 Å². The molecule has 1 aliphatic rings. The van der Waals surface area contributed by atoms with Gasteiger partial charge in [0.1, 0.15) is 5.75 Å². The maximum Gasteiger partial charge on any atom is 0.417 e. The number of carbonyl (C=O) groups is 3. The summed E-state index contributed by atoms with van der Waals surface area (Å²) in [6.45, 7) is 5.75. The van der Waals surface area contributed by atoms with Gasteiger partial charge in [0.05, 0.1) is 25.2 Å². The second kappa shape index (κ2) is 18.0. The molecule has 1 fully saturated rings. The molecule has 9 nitrogen and oxygen atoms in total. The maximum absolute atomic E-state index is 12.8. The molecule has 0 aliphatic carbocycles. The first-order valence-electron chi connectivity index (χ1n) is 15.3. The molecule has 0 aromatic heterocycles. The quantitative estimate of drug-likeness (QED) is 0.158. The summed E-state index contributed by atoms with van der Waals surface area (Å²) in [7, 11) is -1.88. The zero-order valence-electron chi connectivity index (χ0n) is 25.4. The predicted molar refractivity (Wildman–Crippen MR) is 162 cm³/mol. The summed E-state index contributed by atoms with van der Waals surface area (Å²) in [5, 5.41) is 2.77. The van der Waals surface area contributed by atoms with E-state index in [0.29, 0.717) is 29.8 Å². The van der Waals surface area contributed by atoms with Crippen LogP contribution >= 0.6 is 0 Å². The Balaban J connectivity index is 1.84. The van der Waals surface area contributed by atoms with Crippen molar-refractivity contribution >= 4 is 33.4 Å². The lowest BCUT2D eigenvalue weighted by Gasteiger charge is -2.17. The Kier molecular flexibility index (Phi) is 15.2. The minimum atomic E-state index is -3.36. The monoisotopic (exact) mass is 594 g/mol. The van der Waals surface area contributed by atoms with E-state index in [-0.39, 0.29) is 24.0 Å². The highest BCUT2D eigenvalue weighted by molar-refractivity contribution is 7.91. The summed E-state index contributed by atoms with van der Waals surface area (Å²) < 4.78 is 35.9. The molecule has 0 spiro atoms. The highest BCUT2D eigenvalue weighted by Gasteiger charge is 2.40. The van der Waals surface area contributed by atoms with Crippen molar-refractivity contribution in [3.63, 3.8) is 0 Å². The fourth-order valence-electron chi connectivity index (χ4n) is 4.98. The number of unbranched alkanes of at least 4 members (excludes halogenated alkanes) is 10. The largest absolute Gasteiger partial charge is 0.496 e. The number of benzene rings is 1. The molecule has 1 N–H and O–H groups in total. The van der Waals surface area contributed by atoms with E-state index >= 15 is 0 Å². The lowest BCUT2D eigenvalue weighted by atomic mass is 10.1. The first kappa shape index (κ1) is 34.6. The molecule has 0 bridgehead atoms. The molecular weight excluding hydrogens is 544 g/mol. The maximum atomic E-state index is 12.8. The van der Waals surface area contributed by atoms with Crippen molar-refractivity contribution in [1.29, 1.82) is 0 Å². The average molecular weight is 595 g/mol. The Labute approximate surface area is 246 Å². The number of anilines is 1. The van der Waals surface area contributed by atoms with Crippen molar-refractivity contribution in [2.75, 3.05) is 23.9 Å². The van der Waals surface area contributed by atoms with E-state index in [1.165, 1.54) is 45.6 Å². The van der Waals surface area contributed by atoms with E-state index in [1.54, 1.807) is 25.1 Å². The molecule has 2 rings (SSSR count). The standard InChI is InChI=1S/C31H50N2O7S/c1-5-7-9-10-11-12-13-14-15-16-20-41(37,38)23-24(3)29(34)32-26-18-19-27(39-4)25(21-26)22-33-30(35)28(17-8-6-2)40-31(33)36/h18-19,21,24,28H,5-17,20,22-23H2,1-4H3,(H,32,34). The van der Waals surface area contributed by atoms with Gasteiger partial charge in [-0.2, -0.15) is 0 Å². The number of cyclic esters (lactones) is 1. The van der Waals surface area contributed by atoms with Crippen LogP contribution in [0, 0.1) is 5.92 Å². The lowest BCUT2D eigenvalue weighted by Crippen LogP contribution is -2.31. The molecule has 1 aliphatic heterocycles. The third-order valence-electron chi connectivity index (χ3n) is 7.46. The second-order valence-corrected chi connectivity index (χ2v) is 13.4. The predicted octanol–water partition coefficient (Wildman–Crippen LogP) is 6.64. The van der Waals surface area contributed by atoms with Crippen molar-refractivity contribution < 1.29 is 32.3 Å². The van der Waals surface area contributed by atoms with Gasteiger partial charge in [-0.1, -0.05) is 85.0 Å². The molecule has 3 amide bonds.